The minimum absolute atomic E-state index is 0.0998. The highest BCUT2D eigenvalue weighted by molar-refractivity contribution is 7.90. The predicted octanol–water partition coefficient (Wildman–Crippen LogP) is 6.54. The van der Waals surface area contributed by atoms with Gasteiger partial charge < -0.3 is 0 Å². The first-order valence-corrected chi connectivity index (χ1v) is 12.5. The molecular weight excluding hydrogens is 584 g/mol. The lowest BCUT2D eigenvalue weighted by Gasteiger charge is -2.36. The van der Waals surface area contributed by atoms with E-state index in [4.69, 9.17) is 81.2 Å². The molecule has 0 spiro atoms. The molecule has 0 aliphatic heterocycles. The fourth-order valence-electron chi connectivity index (χ4n) is 2.49. The summed E-state index contributed by atoms with van der Waals surface area (Å²) in [5, 5.41) is -0.661. The largest absolute Gasteiger partial charge is 0.290 e. The van der Waals surface area contributed by atoms with Crippen molar-refractivity contribution in [2.75, 3.05) is 0 Å². The highest BCUT2D eigenvalue weighted by Gasteiger charge is 2.61. The normalized spacial score (nSPS) is 20.0. The summed E-state index contributed by atoms with van der Waals surface area (Å²) >= 11 is 42.7. The number of aliphatic imine (C=N–C) groups is 1. The fourth-order valence-corrected chi connectivity index (χ4v) is 5.11. The Morgan fingerprint density at radius 2 is 1.34 bits per heavy atom. The molecule has 13 heteroatoms. The zero-order valence-corrected chi connectivity index (χ0v) is 21.5. The van der Waals surface area contributed by atoms with Crippen LogP contribution < -0.4 is 0 Å². The molecule has 0 saturated heterocycles. The maximum Gasteiger partial charge on any atom is 0.284 e. The van der Waals surface area contributed by atoms with Crippen LogP contribution in [0.3, 0.4) is 0 Å². The number of rotatable bonds is 3. The second kappa shape index (κ2) is 9.43. The van der Waals surface area contributed by atoms with Gasteiger partial charge in [-0.3, -0.25) is 4.79 Å². The minimum Gasteiger partial charge on any atom is -0.290 e. The van der Waals surface area contributed by atoms with Crippen molar-refractivity contribution in [1.29, 1.82) is 0 Å². The van der Waals surface area contributed by atoms with Gasteiger partial charge in [-0.2, -0.15) is 8.42 Å². The third-order valence-electron chi connectivity index (χ3n) is 4.14. The third-order valence-corrected chi connectivity index (χ3v) is 8.73. The van der Waals surface area contributed by atoms with Crippen molar-refractivity contribution in [2.24, 2.45) is 9.39 Å². The number of benzene rings is 2. The van der Waals surface area contributed by atoms with Gasteiger partial charge in [0.25, 0.3) is 10.0 Å². The summed E-state index contributed by atoms with van der Waals surface area (Å²) in [6.07, 6.45) is 0. The number of amidine groups is 1. The first-order chi connectivity index (χ1) is 14.8. The summed E-state index contributed by atoms with van der Waals surface area (Å²) in [6, 6.07) is 13.3. The summed E-state index contributed by atoms with van der Waals surface area (Å²) < 4.78 is 24.7. The van der Waals surface area contributed by atoms with Crippen LogP contribution in [0.5, 0.6) is 0 Å². The zero-order valence-electron chi connectivity index (χ0n) is 15.4. The smallest absolute Gasteiger partial charge is 0.284 e. The lowest BCUT2D eigenvalue weighted by atomic mass is 10.0. The zero-order chi connectivity index (χ0) is 23.9. The van der Waals surface area contributed by atoms with E-state index in [1.807, 2.05) is 0 Å². The van der Waals surface area contributed by atoms with E-state index < -0.39 is 40.2 Å². The van der Waals surface area contributed by atoms with E-state index in [-0.39, 0.29) is 16.3 Å². The molecule has 2 aromatic carbocycles. The van der Waals surface area contributed by atoms with E-state index in [2.05, 4.69) is 9.39 Å². The monoisotopic (exact) mass is 590 g/mol. The van der Waals surface area contributed by atoms with E-state index in [0.717, 1.165) is 0 Å². The number of ketones is 1. The number of sulfonamides is 1. The van der Waals surface area contributed by atoms with Crippen molar-refractivity contribution in [2.45, 2.75) is 13.6 Å². The van der Waals surface area contributed by atoms with Crippen molar-refractivity contribution < 1.29 is 13.2 Å². The van der Waals surface area contributed by atoms with Crippen molar-refractivity contribution in [1.82, 2.24) is 0 Å². The Kier molecular flexibility index (Phi) is 7.60. The first kappa shape index (κ1) is 25.8. The van der Waals surface area contributed by atoms with Gasteiger partial charge in [0, 0.05) is 10.6 Å². The van der Waals surface area contributed by atoms with Gasteiger partial charge >= 0.3 is 0 Å². The van der Waals surface area contributed by atoms with Crippen LogP contribution in [0.4, 0.5) is 0 Å². The van der Waals surface area contributed by atoms with Crippen LogP contribution in [0, 0.1) is 0 Å². The maximum absolute atomic E-state index is 12.9. The number of Topliss-reactive ketones (excluding diaryl/α,β-unsaturated/α-hetero) is 1. The second-order valence-electron chi connectivity index (χ2n) is 6.28. The number of allylic oxidation sites excluding steroid dienone is 2. The molecule has 1 aliphatic carbocycles. The van der Waals surface area contributed by atoms with Crippen LogP contribution in [-0.2, 0) is 14.8 Å². The average Bonchev–Trinajstić information content (AvgIpc) is 2.75. The SMILES string of the molecule is O=C1C(Cl)=C(Cl)C(=N/C(=N/S(=O)(=O)c2ccccc2)c2ccc(Cl)cc2)C(Cl)(Cl)C1(Cl)Cl. The standard InChI is InChI=1S/C19H9Cl7N2O3S/c20-11-8-6-10(7-9-11)17(28-32(30,31)12-4-2-1-3-5-12)27-15-13(21)14(22)16(29)19(25,26)18(15,23)24/h1-9H/b27-15?,28-17+. The van der Waals surface area contributed by atoms with Gasteiger partial charge in [0.15, 0.2) is 5.84 Å². The van der Waals surface area contributed by atoms with Gasteiger partial charge in [-0.05, 0) is 36.4 Å². The van der Waals surface area contributed by atoms with E-state index in [1.165, 1.54) is 48.5 Å². The number of carbonyl (C=O) groups excluding carboxylic acids is 1. The minimum atomic E-state index is -4.24. The quantitative estimate of drug-likeness (QED) is 0.231. The molecule has 5 nitrogen and oxygen atoms in total. The van der Waals surface area contributed by atoms with Gasteiger partial charge in [0.2, 0.25) is 14.4 Å². The molecule has 32 heavy (non-hydrogen) atoms. The number of hydrogen-bond donors (Lipinski definition) is 0. The van der Waals surface area contributed by atoms with Gasteiger partial charge in [0.05, 0.1) is 9.93 Å². The number of carbonyl (C=O) groups is 1. The fraction of sp³-hybridized carbons (Fsp3) is 0.105. The van der Waals surface area contributed by atoms with Crippen molar-refractivity contribution in [3.05, 3.63) is 75.2 Å². The van der Waals surface area contributed by atoms with E-state index >= 15 is 0 Å². The average molecular weight is 594 g/mol. The molecule has 0 radical (unpaired) electrons. The summed E-state index contributed by atoms with van der Waals surface area (Å²) in [4.78, 5) is 16.4. The summed E-state index contributed by atoms with van der Waals surface area (Å²) in [5.74, 6) is -1.43. The first-order valence-electron chi connectivity index (χ1n) is 8.40. The van der Waals surface area contributed by atoms with Gasteiger partial charge in [-0.25, -0.2) is 4.99 Å². The maximum atomic E-state index is 12.9. The number of alkyl halides is 4. The van der Waals surface area contributed by atoms with Gasteiger partial charge in [-0.1, -0.05) is 99.4 Å². The second-order valence-corrected chi connectivity index (χ2v) is 11.7. The molecule has 2 aromatic rings. The van der Waals surface area contributed by atoms with E-state index in [1.54, 1.807) is 6.07 Å². The number of nitrogens with zero attached hydrogens (tertiary/aromatic N) is 2. The highest BCUT2D eigenvalue weighted by atomic mass is 35.5. The number of halogens is 7. The molecule has 0 unspecified atom stereocenters. The van der Waals surface area contributed by atoms with Crippen LogP contribution in [0.2, 0.25) is 5.02 Å². The predicted molar refractivity (Wildman–Crippen MR) is 132 cm³/mol. The Morgan fingerprint density at radius 3 is 1.91 bits per heavy atom. The van der Waals surface area contributed by atoms with Gasteiger partial charge in [0.1, 0.15) is 10.7 Å². The van der Waals surface area contributed by atoms with Crippen LogP contribution in [0.25, 0.3) is 0 Å². The molecule has 0 saturated carbocycles. The van der Waals surface area contributed by atoms with Crippen molar-refractivity contribution in [3.8, 4) is 0 Å². The van der Waals surface area contributed by atoms with Crippen LogP contribution >= 0.6 is 81.2 Å². The Morgan fingerprint density at radius 1 is 0.781 bits per heavy atom. The Bertz CT molecular complexity index is 1270. The summed E-state index contributed by atoms with van der Waals surface area (Å²) in [7, 11) is -4.24. The van der Waals surface area contributed by atoms with Crippen molar-refractivity contribution in [3.63, 3.8) is 0 Å². The molecule has 168 valence electrons. The third kappa shape index (κ3) is 4.84. The van der Waals surface area contributed by atoms with Crippen LogP contribution in [0.15, 0.2) is 78.9 Å². The Labute approximate surface area is 218 Å². The molecule has 0 atom stereocenters. The Hall–Kier alpha value is -0.830. The highest BCUT2D eigenvalue weighted by Crippen LogP contribution is 2.52. The topological polar surface area (TPSA) is 75.9 Å². The summed E-state index contributed by atoms with van der Waals surface area (Å²) in [6.45, 7) is 0. The number of hydrogen-bond acceptors (Lipinski definition) is 3. The lowest BCUT2D eigenvalue weighted by molar-refractivity contribution is -0.115. The Balaban J connectivity index is 2.31. The molecule has 0 bridgehead atoms. The van der Waals surface area contributed by atoms with E-state index in [0.29, 0.717) is 5.02 Å². The van der Waals surface area contributed by atoms with Crippen molar-refractivity contribution >= 4 is 109 Å². The molecule has 3 rings (SSSR count). The molecule has 0 N–H and O–H groups in total. The van der Waals surface area contributed by atoms with Crippen LogP contribution in [-0.4, -0.2) is 34.4 Å². The molecule has 1 aliphatic rings. The van der Waals surface area contributed by atoms with Crippen LogP contribution in [0.1, 0.15) is 5.56 Å². The molecule has 0 fully saturated rings. The molecule has 0 aromatic heterocycles. The molecular formula is C19H9Cl7N2O3S. The van der Waals surface area contributed by atoms with E-state index in [9.17, 15) is 13.2 Å². The summed E-state index contributed by atoms with van der Waals surface area (Å²) in [5.41, 5.74) is -0.258. The lowest BCUT2D eigenvalue weighted by Crippen LogP contribution is -2.53. The molecule has 0 amide bonds. The van der Waals surface area contributed by atoms with Gasteiger partial charge in [-0.15, -0.1) is 4.40 Å². The molecule has 0 heterocycles.